The van der Waals surface area contributed by atoms with E-state index in [0.717, 1.165) is 36.8 Å². The summed E-state index contributed by atoms with van der Waals surface area (Å²) in [5.41, 5.74) is 1.03. The van der Waals surface area contributed by atoms with Crippen LogP contribution in [0.5, 0.6) is 0 Å². The SMILES string of the molecule is CCn1ccc2cc(S(=O)(=O)N3CCC[C@H](C(=O)NCCCN(C)C4CCCCC4)C3)ccc21. The maximum Gasteiger partial charge on any atom is 0.243 e. The van der Waals surface area contributed by atoms with Gasteiger partial charge in [0.1, 0.15) is 0 Å². The van der Waals surface area contributed by atoms with E-state index in [1.54, 1.807) is 12.1 Å². The second-order valence-electron chi connectivity index (χ2n) is 9.94. The number of carbonyl (C=O) groups is 1. The molecule has 34 heavy (non-hydrogen) atoms. The summed E-state index contributed by atoms with van der Waals surface area (Å²) in [7, 11) is -1.44. The van der Waals surface area contributed by atoms with Gasteiger partial charge in [0.2, 0.25) is 15.9 Å². The van der Waals surface area contributed by atoms with E-state index in [0.29, 0.717) is 30.4 Å². The number of amides is 1. The molecule has 2 aliphatic rings. The zero-order valence-electron chi connectivity index (χ0n) is 20.7. The van der Waals surface area contributed by atoms with Crippen LogP contribution in [0.25, 0.3) is 10.9 Å². The number of rotatable bonds is 9. The molecule has 0 unspecified atom stereocenters. The molecule has 4 rings (SSSR count). The van der Waals surface area contributed by atoms with Gasteiger partial charge < -0.3 is 14.8 Å². The molecule has 1 N–H and O–H groups in total. The summed E-state index contributed by atoms with van der Waals surface area (Å²) >= 11 is 0. The first-order chi connectivity index (χ1) is 16.4. The summed E-state index contributed by atoms with van der Waals surface area (Å²) in [5.74, 6) is -0.305. The molecule has 1 amide bonds. The molecule has 2 aromatic rings. The van der Waals surface area contributed by atoms with E-state index < -0.39 is 10.0 Å². The van der Waals surface area contributed by atoms with Crippen molar-refractivity contribution in [3.05, 3.63) is 30.5 Å². The smallest absolute Gasteiger partial charge is 0.243 e. The first-order valence-electron chi connectivity index (χ1n) is 13.0. The molecule has 0 spiro atoms. The van der Waals surface area contributed by atoms with Gasteiger partial charge in [-0.15, -0.1) is 0 Å². The van der Waals surface area contributed by atoms with Gasteiger partial charge in [-0.3, -0.25) is 4.79 Å². The van der Waals surface area contributed by atoms with Crippen molar-refractivity contribution in [2.45, 2.75) is 75.8 Å². The number of hydrogen-bond acceptors (Lipinski definition) is 4. The van der Waals surface area contributed by atoms with E-state index in [2.05, 4.69) is 28.8 Å². The molecular formula is C26H40N4O3S. The number of fused-ring (bicyclic) bond motifs is 1. The number of nitrogens with zero attached hydrogens (tertiary/aromatic N) is 3. The second kappa shape index (κ2) is 11.2. The van der Waals surface area contributed by atoms with Crippen LogP contribution in [0.15, 0.2) is 35.4 Å². The molecule has 2 heterocycles. The van der Waals surface area contributed by atoms with Gasteiger partial charge in [-0.1, -0.05) is 19.3 Å². The zero-order chi connectivity index (χ0) is 24.1. The third-order valence-electron chi connectivity index (χ3n) is 7.66. The molecule has 1 aliphatic heterocycles. The van der Waals surface area contributed by atoms with Crippen LogP contribution in [0.3, 0.4) is 0 Å². The van der Waals surface area contributed by atoms with Crippen LogP contribution in [-0.2, 0) is 21.4 Å². The Morgan fingerprint density at radius 1 is 1.12 bits per heavy atom. The number of piperidine rings is 1. The van der Waals surface area contributed by atoms with Gasteiger partial charge in [0.15, 0.2) is 0 Å². The highest BCUT2D eigenvalue weighted by Crippen LogP contribution is 2.27. The molecule has 0 bridgehead atoms. The van der Waals surface area contributed by atoms with Crippen LogP contribution in [-0.4, -0.2) is 67.4 Å². The van der Waals surface area contributed by atoms with E-state index >= 15 is 0 Å². The lowest BCUT2D eigenvalue weighted by Gasteiger charge is -2.32. The molecule has 8 heteroatoms. The standard InChI is InChI=1S/C26H40N4O3S/c1-3-29-18-14-21-19-24(12-13-25(21)29)34(32,33)30-17-7-9-22(20-30)26(31)27-15-8-16-28(2)23-10-5-4-6-11-23/h12-14,18-19,22-23H,3-11,15-17,20H2,1-2H3,(H,27,31)/t22-/m0/s1. The van der Waals surface area contributed by atoms with E-state index in [1.807, 2.05) is 18.3 Å². The Bertz CT molecular complexity index is 1070. The van der Waals surface area contributed by atoms with Crippen LogP contribution in [0.1, 0.15) is 58.3 Å². The van der Waals surface area contributed by atoms with Crippen molar-refractivity contribution in [3.8, 4) is 0 Å². The van der Waals surface area contributed by atoms with Crippen LogP contribution in [0.4, 0.5) is 0 Å². The van der Waals surface area contributed by atoms with Crippen molar-refractivity contribution >= 4 is 26.8 Å². The highest BCUT2D eigenvalue weighted by Gasteiger charge is 2.33. The van der Waals surface area contributed by atoms with E-state index in [1.165, 1.54) is 36.4 Å². The topological polar surface area (TPSA) is 74.6 Å². The average molecular weight is 489 g/mol. The minimum Gasteiger partial charge on any atom is -0.356 e. The van der Waals surface area contributed by atoms with Crippen LogP contribution >= 0.6 is 0 Å². The van der Waals surface area contributed by atoms with Crippen molar-refractivity contribution in [2.24, 2.45) is 5.92 Å². The Morgan fingerprint density at radius 2 is 1.91 bits per heavy atom. The van der Waals surface area contributed by atoms with E-state index in [-0.39, 0.29) is 18.4 Å². The van der Waals surface area contributed by atoms with Gasteiger partial charge >= 0.3 is 0 Å². The molecule has 1 aromatic heterocycles. The molecule has 1 atom stereocenters. The Labute approximate surface area is 204 Å². The third kappa shape index (κ3) is 5.66. The molecule has 1 saturated heterocycles. The Balaban J connectivity index is 1.30. The summed E-state index contributed by atoms with van der Waals surface area (Å²) in [4.78, 5) is 15.6. The van der Waals surface area contributed by atoms with E-state index in [9.17, 15) is 13.2 Å². The van der Waals surface area contributed by atoms with Crippen molar-refractivity contribution in [2.75, 3.05) is 33.2 Å². The van der Waals surface area contributed by atoms with Gasteiger partial charge in [-0.05, 0) is 76.9 Å². The quantitative estimate of drug-likeness (QED) is 0.545. The lowest BCUT2D eigenvalue weighted by molar-refractivity contribution is -0.126. The Morgan fingerprint density at radius 3 is 2.68 bits per heavy atom. The van der Waals surface area contributed by atoms with Crippen LogP contribution < -0.4 is 5.32 Å². The molecule has 7 nitrogen and oxygen atoms in total. The minimum atomic E-state index is -3.63. The van der Waals surface area contributed by atoms with E-state index in [4.69, 9.17) is 0 Å². The molecular weight excluding hydrogens is 448 g/mol. The van der Waals surface area contributed by atoms with Gasteiger partial charge in [-0.2, -0.15) is 4.31 Å². The number of sulfonamides is 1. The highest BCUT2D eigenvalue weighted by atomic mass is 32.2. The normalized spacial score (nSPS) is 20.7. The fourth-order valence-corrected chi connectivity index (χ4v) is 7.09. The molecule has 2 fully saturated rings. The fourth-order valence-electron chi connectivity index (χ4n) is 5.53. The molecule has 1 saturated carbocycles. The van der Waals surface area contributed by atoms with Crippen LogP contribution in [0.2, 0.25) is 0 Å². The predicted molar refractivity (Wildman–Crippen MR) is 136 cm³/mol. The Kier molecular flexibility index (Phi) is 8.32. The number of aromatic nitrogens is 1. The predicted octanol–water partition coefficient (Wildman–Crippen LogP) is 3.83. The number of nitrogens with one attached hydrogen (secondary N) is 1. The largest absolute Gasteiger partial charge is 0.356 e. The van der Waals surface area contributed by atoms with Gasteiger partial charge in [0.05, 0.1) is 10.8 Å². The first-order valence-corrected chi connectivity index (χ1v) is 14.4. The second-order valence-corrected chi connectivity index (χ2v) is 11.9. The minimum absolute atomic E-state index is 0.0179. The molecule has 1 aromatic carbocycles. The first kappa shape index (κ1) is 25.2. The number of carbonyl (C=O) groups excluding carboxylic acids is 1. The third-order valence-corrected chi connectivity index (χ3v) is 9.52. The number of benzene rings is 1. The summed E-state index contributed by atoms with van der Waals surface area (Å²) in [6.45, 7) is 5.26. The summed E-state index contributed by atoms with van der Waals surface area (Å²) in [6, 6.07) is 7.96. The van der Waals surface area contributed by atoms with Crippen molar-refractivity contribution in [1.82, 2.24) is 19.1 Å². The van der Waals surface area contributed by atoms with Crippen molar-refractivity contribution in [1.29, 1.82) is 0 Å². The molecule has 1 aliphatic carbocycles. The molecule has 0 radical (unpaired) electrons. The summed E-state index contributed by atoms with van der Waals surface area (Å²) in [5, 5.41) is 3.99. The van der Waals surface area contributed by atoms with Gasteiger partial charge in [0, 0.05) is 49.3 Å². The monoisotopic (exact) mass is 488 g/mol. The van der Waals surface area contributed by atoms with Crippen molar-refractivity contribution in [3.63, 3.8) is 0 Å². The zero-order valence-corrected chi connectivity index (χ0v) is 21.5. The summed E-state index contributed by atoms with van der Waals surface area (Å²) < 4.78 is 30.3. The average Bonchev–Trinajstić information content (AvgIpc) is 3.29. The maximum atomic E-state index is 13.3. The number of aryl methyl sites for hydroxylation is 1. The Hall–Kier alpha value is -1.90. The van der Waals surface area contributed by atoms with Crippen LogP contribution in [0, 0.1) is 5.92 Å². The number of hydrogen-bond donors (Lipinski definition) is 1. The molecule has 188 valence electrons. The fraction of sp³-hybridized carbons (Fsp3) is 0.654. The van der Waals surface area contributed by atoms with Crippen molar-refractivity contribution < 1.29 is 13.2 Å². The maximum absolute atomic E-state index is 13.3. The van der Waals surface area contributed by atoms with Gasteiger partial charge in [-0.25, -0.2) is 8.42 Å². The summed E-state index contributed by atoms with van der Waals surface area (Å²) in [6.07, 6.45) is 10.9. The lowest BCUT2D eigenvalue weighted by atomic mass is 9.94. The highest BCUT2D eigenvalue weighted by molar-refractivity contribution is 7.89. The van der Waals surface area contributed by atoms with Gasteiger partial charge in [0.25, 0.3) is 0 Å². The lowest BCUT2D eigenvalue weighted by Crippen LogP contribution is -2.45.